The Kier molecular flexibility index (Phi) is 7.71. The Morgan fingerprint density at radius 2 is 1.06 bits per heavy atom. The first-order chi connectivity index (χ1) is 30.8. The summed E-state index contributed by atoms with van der Waals surface area (Å²) in [5, 5.41) is 7.70. The van der Waals surface area contributed by atoms with Gasteiger partial charge in [0.15, 0.2) is 5.58 Å². The predicted molar refractivity (Wildman–Crippen MR) is 260 cm³/mol. The highest BCUT2D eigenvalue weighted by atomic mass is 32.1. The van der Waals surface area contributed by atoms with Gasteiger partial charge in [0.1, 0.15) is 11.1 Å². The smallest absolute Gasteiger partial charge is 0.236 e. The first-order valence-corrected chi connectivity index (χ1v) is 21.6. The number of furan rings is 1. The van der Waals surface area contributed by atoms with E-state index in [2.05, 4.69) is 216 Å². The fourth-order valence-electron chi connectivity index (χ4n) is 9.43. The second-order valence-corrected chi connectivity index (χ2v) is 16.8. The molecule has 0 unspecified atom stereocenters. The lowest BCUT2D eigenvalue weighted by atomic mass is 10.00. The number of anilines is 3. The molecule has 62 heavy (non-hydrogen) atoms. The van der Waals surface area contributed by atoms with Crippen molar-refractivity contribution < 1.29 is 4.42 Å². The second-order valence-electron chi connectivity index (χ2n) is 15.7. The second kappa shape index (κ2) is 13.7. The first-order valence-electron chi connectivity index (χ1n) is 20.8. The molecule has 0 saturated carbocycles. The van der Waals surface area contributed by atoms with Gasteiger partial charge >= 0.3 is 0 Å². The molecule has 0 saturated heterocycles. The normalized spacial score (nSPS) is 11.9. The van der Waals surface area contributed by atoms with E-state index in [4.69, 9.17) is 14.4 Å². The highest BCUT2D eigenvalue weighted by Crippen LogP contribution is 2.47. The van der Waals surface area contributed by atoms with E-state index in [0.29, 0.717) is 5.95 Å². The highest BCUT2D eigenvalue weighted by molar-refractivity contribution is 7.26. The van der Waals surface area contributed by atoms with Crippen molar-refractivity contribution in [3.05, 3.63) is 206 Å². The summed E-state index contributed by atoms with van der Waals surface area (Å²) in [4.78, 5) is 13.3. The SMILES string of the molecule is c1ccc(-c2ccc(N(c3ccccc3)c3cc4oc5c(ccc6c7ccccc7n(-c7nc(-c8ccccc8)c8sc9ccccc9c8n7)c65)c4c4ccccc34)cc2)cc1. The minimum absolute atomic E-state index is 0.610. The number of fused-ring (bicyclic) bond motifs is 12. The van der Waals surface area contributed by atoms with Crippen LogP contribution in [0.3, 0.4) is 0 Å². The van der Waals surface area contributed by atoms with Crippen LogP contribution in [-0.4, -0.2) is 14.5 Å². The third-order valence-corrected chi connectivity index (χ3v) is 13.4. The Balaban J connectivity index is 1.10. The van der Waals surface area contributed by atoms with Gasteiger partial charge in [0.05, 0.1) is 27.1 Å². The summed E-state index contributed by atoms with van der Waals surface area (Å²) >= 11 is 1.75. The summed E-state index contributed by atoms with van der Waals surface area (Å²) < 4.78 is 11.7. The molecule has 0 aliphatic heterocycles. The van der Waals surface area contributed by atoms with Crippen molar-refractivity contribution in [2.24, 2.45) is 0 Å². The van der Waals surface area contributed by atoms with E-state index in [1.807, 2.05) is 0 Å². The summed E-state index contributed by atoms with van der Waals surface area (Å²) in [6.45, 7) is 0. The topological polar surface area (TPSA) is 47.1 Å². The summed E-state index contributed by atoms with van der Waals surface area (Å²) in [5.41, 5.74) is 12.0. The maximum atomic E-state index is 7.26. The molecule has 0 aliphatic carbocycles. The van der Waals surface area contributed by atoms with E-state index < -0.39 is 0 Å². The Morgan fingerprint density at radius 1 is 0.468 bits per heavy atom. The van der Waals surface area contributed by atoms with Gasteiger partial charge in [-0.15, -0.1) is 11.3 Å². The van der Waals surface area contributed by atoms with Gasteiger partial charge in [-0.05, 0) is 59.0 Å². The molecule has 0 fully saturated rings. The molecule has 9 aromatic carbocycles. The van der Waals surface area contributed by atoms with Gasteiger partial charge < -0.3 is 9.32 Å². The van der Waals surface area contributed by atoms with Crippen LogP contribution in [0.2, 0.25) is 0 Å². The average Bonchev–Trinajstić information content (AvgIpc) is 4.02. The maximum absolute atomic E-state index is 7.26. The number of rotatable bonds is 6. The van der Waals surface area contributed by atoms with Gasteiger partial charge in [-0.3, -0.25) is 4.57 Å². The quantitative estimate of drug-likeness (QED) is 0.168. The Labute approximate surface area is 360 Å². The molecule has 13 rings (SSSR count). The van der Waals surface area contributed by atoms with Gasteiger partial charge in [0, 0.05) is 60.0 Å². The molecule has 13 aromatic rings. The molecule has 6 heteroatoms. The lowest BCUT2D eigenvalue weighted by Crippen LogP contribution is -2.10. The van der Waals surface area contributed by atoms with E-state index in [9.17, 15) is 0 Å². The molecule has 5 nitrogen and oxygen atoms in total. The van der Waals surface area contributed by atoms with Crippen LogP contribution in [0.25, 0.3) is 103 Å². The summed E-state index contributed by atoms with van der Waals surface area (Å²) in [5.74, 6) is 0.610. The van der Waals surface area contributed by atoms with Crippen molar-refractivity contribution in [3.63, 3.8) is 0 Å². The number of nitrogens with zero attached hydrogens (tertiary/aromatic N) is 4. The largest absolute Gasteiger partial charge is 0.454 e. The van der Waals surface area contributed by atoms with Crippen molar-refractivity contribution in [3.8, 4) is 28.3 Å². The highest BCUT2D eigenvalue weighted by Gasteiger charge is 2.25. The van der Waals surface area contributed by atoms with Crippen molar-refractivity contribution in [2.75, 3.05) is 4.90 Å². The van der Waals surface area contributed by atoms with Crippen LogP contribution in [0.4, 0.5) is 17.1 Å². The maximum Gasteiger partial charge on any atom is 0.236 e. The van der Waals surface area contributed by atoms with Crippen LogP contribution >= 0.6 is 11.3 Å². The van der Waals surface area contributed by atoms with E-state index in [1.54, 1.807) is 11.3 Å². The molecular formula is C56H34N4OS. The van der Waals surface area contributed by atoms with Crippen LogP contribution in [0, 0.1) is 0 Å². The monoisotopic (exact) mass is 810 g/mol. The molecule has 0 N–H and O–H groups in total. The van der Waals surface area contributed by atoms with E-state index in [0.717, 1.165) is 98.4 Å². The lowest BCUT2D eigenvalue weighted by Gasteiger charge is -2.27. The Morgan fingerprint density at radius 3 is 1.84 bits per heavy atom. The predicted octanol–water partition coefficient (Wildman–Crippen LogP) is 15.8. The van der Waals surface area contributed by atoms with Crippen LogP contribution in [0.5, 0.6) is 0 Å². The Hall–Kier alpha value is -8.06. The van der Waals surface area contributed by atoms with Gasteiger partial charge in [-0.25, -0.2) is 9.97 Å². The van der Waals surface area contributed by atoms with E-state index >= 15 is 0 Å². The first kappa shape index (κ1) is 34.8. The lowest BCUT2D eigenvalue weighted by molar-refractivity contribution is 0.671. The zero-order valence-corrected chi connectivity index (χ0v) is 34.1. The van der Waals surface area contributed by atoms with Crippen LogP contribution in [0.15, 0.2) is 211 Å². The standard InChI is InChI=1S/C56H34N4OS/c1-4-16-35(17-5-1)36-28-30-39(31-29-36)59(38-20-8-3-9-21-38)47-34-48-50(42-24-11-10-22-40(42)47)45-33-32-43-41-23-12-14-26-46(41)60(53(43)54(45)61-48)56-57-51(37-18-6-2-7-19-37)55-52(58-56)44-25-13-15-27-49(44)62-55/h1-34H. The van der Waals surface area contributed by atoms with Gasteiger partial charge in [0.25, 0.3) is 0 Å². The third kappa shape index (κ3) is 5.27. The van der Waals surface area contributed by atoms with Gasteiger partial charge in [-0.2, -0.15) is 0 Å². The Bertz CT molecular complexity index is 3850. The van der Waals surface area contributed by atoms with Crippen molar-refractivity contribution >= 4 is 103 Å². The van der Waals surface area contributed by atoms with Crippen LogP contribution in [-0.2, 0) is 0 Å². The van der Waals surface area contributed by atoms with Crippen LogP contribution < -0.4 is 4.90 Å². The summed E-state index contributed by atoms with van der Waals surface area (Å²) in [6, 6.07) is 72.9. The number of thiophene rings is 1. The molecule has 0 bridgehead atoms. The summed E-state index contributed by atoms with van der Waals surface area (Å²) in [7, 11) is 0. The summed E-state index contributed by atoms with van der Waals surface area (Å²) in [6.07, 6.45) is 0. The molecule has 4 heterocycles. The molecule has 0 spiro atoms. The fourth-order valence-corrected chi connectivity index (χ4v) is 10.6. The average molecular weight is 811 g/mol. The number of para-hydroxylation sites is 2. The molecule has 0 amide bonds. The minimum Gasteiger partial charge on any atom is -0.454 e. The van der Waals surface area contributed by atoms with Gasteiger partial charge in [0.2, 0.25) is 5.95 Å². The zero-order chi connectivity index (χ0) is 40.7. The van der Waals surface area contributed by atoms with E-state index in [-0.39, 0.29) is 0 Å². The van der Waals surface area contributed by atoms with Gasteiger partial charge in [-0.1, -0.05) is 158 Å². The fraction of sp³-hybridized carbons (Fsp3) is 0. The zero-order valence-electron chi connectivity index (χ0n) is 33.2. The molecule has 0 atom stereocenters. The molecule has 0 radical (unpaired) electrons. The number of hydrogen-bond acceptors (Lipinski definition) is 5. The van der Waals surface area contributed by atoms with E-state index in [1.165, 1.54) is 15.8 Å². The molecule has 0 aliphatic rings. The molecule has 4 aromatic heterocycles. The number of aromatic nitrogens is 3. The molecule has 290 valence electrons. The van der Waals surface area contributed by atoms with Crippen molar-refractivity contribution in [2.45, 2.75) is 0 Å². The number of benzene rings is 9. The third-order valence-electron chi connectivity index (χ3n) is 12.2. The number of hydrogen-bond donors (Lipinski definition) is 0. The van der Waals surface area contributed by atoms with Crippen molar-refractivity contribution in [1.29, 1.82) is 0 Å². The van der Waals surface area contributed by atoms with Crippen LogP contribution in [0.1, 0.15) is 0 Å². The molecular weight excluding hydrogens is 777 g/mol. The minimum atomic E-state index is 0.610. The van der Waals surface area contributed by atoms with Crippen molar-refractivity contribution in [1.82, 2.24) is 14.5 Å².